The Kier molecular flexibility index (Phi) is 8.08. The van der Waals surface area contributed by atoms with Crippen molar-refractivity contribution in [2.75, 3.05) is 13.2 Å². The normalized spacial score (nSPS) is 18.2. The minimum absolute atomic E-state index is 0.0161. The molecule has 3 nitrogen and oxygen atoms in total. The first-order valence-corrected chi connectivity index (χ1v) is 11.6. The molecule has 2 unspecified atom stereocenters. The Labute approximate surface area is 208 Å². The van der Waals surface area contributed by atoms with Gasteiger partial charge in [-0.1, -0.05) is 31.2 Å². The van der Waals surface area contributed by atoms with Gasteiger partial charge in [0.1, 0.15) is 22.9 Å². The zero-order valence-corrected chi connectivity index (χ0v) is 19.7. The van der Waals surface area contributed by atoms with Crippen LogP contribution in [-0.2, 0) is 15.6 Å². The average molecular weight is 528 g/mol. The van der Waals surface area contributed by atoms with Crippen LogP contribution < -0.4 is 4.74 Å². The highest BCUT2D eigenvalue weighted by molar-refractivity contribution is 5.64. The van der Waals surface area contributed by atoms with Gasteiger partial charge in [-0.05, 0) is 48.1 Å². The third-order valence-electron chi connectivity index (χ3n) is 5.94. The van der Waals surface area contributed by atoms with E-state index >= 15 is 0 Å². The molecule has 3 aromatic rings. The minimum Gasteiger partial charge on any atom is -0.429 e. The lowest BCUT2D eigenvalue weighted by Crippen LogP contribution is -2.27. The molecule has 1 heterocycles. The van der Waals surface area contributed by atoms with Gasteiger partial charge in [0.25, 0.3) is 0 Å². The Bertz CT molecular complexity index is 1190. The molecule has 0 radical (unpaired) electrons. The Balaban J connectivity index is 1.50. The van der Waals surface area contributed by atoms with E-state index in [2.05, 4.69) is 4.74 Å². The van der Waals surface area contributed by atoms with Gasteiger partial charge in [0.2, 0.25) is 0 Å². The first-order chi connectivity index (χ1) is 17.6. The molecule has 0 spiro atoms. The number of hydrogen-bond donors (Lipinski definition) is 0. The fourth-order valence-electron chi connectivity index (χ4n) is 4.10. The first kappa shape index (κ1) is 26.9. The molecule has 0 bridgehead atoms. The maximum absolute atomic E-state index is 14.7. The molecule has 1 aliphatic rings. The van der Waals surface area contributed by atoms with Crippen LogP contribution in [-0.4, -0.2) is 19.3 Å². The number of ether oxygens (including phenoxy) is 3. The molecule has 10 heteroatoms. The van der Waals surface area contributed by atoms with Crippen LogP contribution in [0, 0.1) is 29.1 Å². The lowest BCUT2D eigenvalue weighted by atomic mass is 9.96. The molecule has 1 fully saturated rings. The number of alkyl halides is 2. The van der Waals surface area contributed by atoms with E-state index in [9.17, 15) is 30.7 Å². The van der Waals surface area contributed by atoms with Crippen molar-refractivity contribution in [1.29, 1.82) is 0 Å². The van der Waals surface area contributed by atoms with E-state index in [4.69, 9.17) is 9.47 Å². The number of halogens is 7. The maximum Gasteiger partial charge on any atom is 0.432 e. The van der Waals surface area contributed by atoms with Crippen molar-refractivity contribution in [1.82, 2.24) is 0 Å². The van der Waals surface area contributed by atoms with Crippen molar-refractivity contribution >= 4 is 0 Å². The van der Waals surface area contributed by atoms with Gasteiger partial charge < -0.3 is 14.2 Å². The molecule has 0 amide bonds. The summed E-state index contributed by atoms with van der Waals surface area (Å²) in [5, 5.41) is 0. The van der Waals surface area contributed by atoms with Crippen LogP contribution in [0.2, 0.25) is 0 Å². The second-order valence-electron chi connectivity index (χ2n) is 8.65. The second-order valence-corrected chi connectivity index (χ2v) is 8.65. The van der Waals surface area contributed by atoms with Gasteiger partial charge >= 0.3 is 6.11 Å². The molecular formula is C27H23F7O3. The molecule has 3 aromatic carbocycles. The third kappa shape index (κ3) is 6.07. The number of hydrogen-bond acceptors (Lipinski definition) is 3. The van der Waals surface area contributed by atoms with Crippen molar-refractivity contribution in [2.24, 2.45) is 0 Å². The number of benzene rings is 3. The highest BCUT2D eigenvalue weighted by atomic mass is 19.3. The molecule has 1 saturated heterocycles. The first-order valence-electron chi connectivity index (χ1n) is 11.6. The van der Waals surface area contributed by atoms with Crippen molar-refractivity contribution in [2.45, 2.75) is 44.5 Å². The van der Waals surface area contributed by atoms with Crippen LogP contribution in [0.25, 0.3) is 11.1 Å². The lowest BCUT2D eigenvalue weighted by molar-refractivity contribution is -0.189. The van der Waals surface area contributed by atoms with Crippen LogP contribution in [0.5, 0.6) is 5.75 Å². The van der Waals surface area contributed by atoms with Crippen LogP contribution in [0.15, 0.2) is 48.5 Å². The maximum atomic E-state index is 14.7. The molecular weight excluding hydrogens is 505 g/mol. The van der Waals surface area contributed by atoms with Crippen LogP contribution in [0.3, 0.4) is 0 Å². The van der Waals surface area contributed by atoms with Gasteiger partial charge in [0, 0.05) is 18.7 Å². The summed E-state index contributed by atoms with van der Waals surface area (Å²) in [4.78, 5) is 0. The Morgan fingerprint density at radius 3 is 2.00 bits per heavy atom. The number of rotatable bonds is 8. The summed E-state index contributed by atoms with van der Waals surface area (Å²) in [7, 11) is 0. The van der Waals surface area contributed by atoms with Crippen molar-refractivity contribution < 1.29 is 44.9 Å². The van der Waals surface area contributed by atoms with Gasteiger partial charge in [0.05, 0.1) is 18.8 Å². The molecule has 1 aliphatic heterocycles. The van der Waals surface area contributed by atoms with E-state index in [1.807, 2.05) is 6.92 Å². The largest absolute Gasteiger partial charge is 0.432 e. The minimum atomic E-state index is -4.65. The Morgan fingerprint density at radius 2 is 1.46 bits per heavy atom. The molecule has 37 heavy (non-hydrogen) atoms. The molecule has 4 rings (SSSR count). The fourth-order valence-corrected chi connectivity index (χ4v) is 4.10. The van der Waals surface area contributed by atoms with E-state index in [1.54, 1.807) is 24.3 Å². The summed E-state index contributed by atoms with van der Waals surface area (Å²) < 4.78 is 114. The monoisotopic (exact) mass is 528 g/mol. The molecule has 0 aromatic heterocycles. The summed E-state index contributed by atoms with van der Waals surface area (Å²) in [6, 6.07) is 8.32. The van der Waals surface area contributed by atoms with Gasteiger partial charge in [0.15, 0.2) is 17.5 Å². The topological polar surface area (TPSA) is 27.7 Å². The van der Waals surface area contributed by atoms with E-state index in [0.29, 0.717) is 30.9 Å². The van der Waals surface area contributed by atoms with Crippen molar-refractivity contribution in [3.8, 4) is 16.9 Å². The summed E-state index contributed by atoms with van der Waals surface area (Å²) in [5.41, 5.74) is -0.556. The molecule has 0 N–H and O–H groups in total. The predicted octanol–water partition coefficient (Wildman–Crippen LogP) is 7.82. The van der Waals surface area contributed by atoms with Crippen molar-refractivity contribution in [3.63, 3.8) is 0 Å². The second kappa shape index (κ2) is 11.1. The average Bonchev–Trinajstić information content (AvgIpc) is 2.85. The molecule has 198 valence electrons. The zero-order chi connectivity index (χ0) is 26.7. The van der Waals surface area contributed by atoms with Crippen LogP contribution in [0.1, 0.15) is 43.4 Å². The standard InChI is InChI=1S/C27H23F7O3/c1-2-9-35-18-7-8-24(36-14-18)16-5-3-15(4-6-16)17-10-20(28)25(21(29)11-17)27(33,34)37-19-12-22(30)26(32)23(31)13-19/h3-6,10-13,18,24H,2,7-9,14H2,1H3. The summed E-state index contributed by atoms with van der Waals surface area (Å²) in [5.74, 6) is -9.92. The third-order valence-corrected chi connectivity index (χ3v) is 5.94. The molecule has 0 aliphatic carbocycles. The van der Waals surface area contributed by atoms with Gasteiger partial charge in [-0.2, -0.15) is 8.78 Å². The van der Waals surface area contributed by atoms with Gasteiger partial charge in [-0.15, -0.1) is 0 Å². The molecule has 0 saturated carbocycles. The van der Waals surface area contributed by atoms with Crippen LogP contribution >= 0.6 is 0 Å². The SMILES string of the molecule is CCCOC1CCC(c2ccc(-c3cc(F)c(C(F)(F)Oc4cc(F)c(F)c(F)c4)c(F)c3)cc2)OC1. The summed E-state index contributed by atoms with van der Waals surface area (Å²) in [6.07, 6.45) is -2.28. The predicted molar refractivity (Wildman–Crippen MR) is 121 cm³/mol. The highest BCUT2D eigenvalue weighted by Crippen LogP contribution is 2.38. The zero-order valence-electron chi connectivity index (χ0n) is 19.7. The molecule has 2 atom stereocenters. The lowest BCUT2D eigenvalue weighted by Gasteiger charge is -2.29. The van der Waals surface area contributed by atoms with Crippen LogP contribution in [0.4, 0.5) is 30.7 Å². The Morgan fingerprint density at radius 1 is 0.838 bits per heavy atom. The van der Waals surface area contributed by atoms with Crippen molar-refractivity contribution in [3.05, 3.63) is 88.7 Å². The van der Waals surface area contributed by atoms with Gasteiger partial charge in [-0.25, -0.2) is 22.0 Å². The van der Waals surface area contributed by atoms with E-state index < -0.39 is 46.5 Å². The highest BCUT2D eigenvalue weighted by Gasteiger charge is 2.41. The fraction of sp³-hybridized carbons (Fsp3) is 0.333. The van der Waals surface area contributed by atoms with Gasteiger partial charge in [-0.3, -0.25) is 0 Å². The smallest absolute Gasteiger partial charge is 0.429 e. The summed E-state index contributed by atoms with van der Waals surface area (Å²) in [6.45, 7) is 3.15. The summed E-state index contributed by atoms with van der Waals surface area (Å²) >= 11 is 0. The van der Waals surface area contributed by atoms with E-state index in [1.165, 1.54) is 0 Å². The van der Waals surface area contributed by atoms with E-state index in [0.717, 1.165) is 24.8 Å². The van der Waals surface area contributed by atoms with E-state index in [-0.39, 0.29) is 29.9 Å². The quantitative estimate of drug-likeness (QED) is 0.220. The Hall–Kier alpha value is -3.11.